The number of methoxy groups -OCH3 is 1. The van der Waals surface area contributed by atoms with Crippen LogP contribution < -0.4 is 0 Å². The first-order chi connectivity index (χ1) is 7.63. The molecule has 86 valence electrons. The molecule has 1 aromatic heterocycles. The minimum absolute atomic E-state index is 0.221. The van der Waals surface area contributed by atoms with Gasteiger partial charge in [-0.2, -0.15) is 0 Å². The first-order valence-electron chi connectivity index (χ1n) is 4.76. The number of fused-ring (bicyclic) bond motifs is 1. The second kappa shape index (κ2) is 5.01. The van der Waals surface area contributed by atoms with Crippen LogP contribution in [0, 0.1) is 9.39 Å². The minimum atomic E-state index is -0.221. The molecule has 0 saturated carbocycles. The monoisotopic (exact) mass is 397 g/mol. The van der Waals surface area contributed by atoms with Crippen molar-refractivity contribution in [1.29, 1.82) is 0 Å². The second-order valence-corrected chi connectivity index (χ2v) is 5.46. The molecule has 2 rings (SSSR count). The molecule has 0 bridgehead atoms. The van der Waals surface area contributed by atoms with Gasteiger partial charge in [0, 0.05) is 33.3 Å². The van der Waals surface area contributed by atoms with E-state index in [-0.39, 0.29) is 5.82 Å². The van der Waals surface area contributed by atoms with Gasteiger partial charge in [0.25, 0.3) is 0 Å². The number of ether oxygens (including phenoxy) is 1. The lowest BCUT2D eigenvalue weighted by Gasteiger charge is -2.05. The third-order valence-corrected chi connectivity index (χ3v) is 3.84. The summed E-state index contributed by atoms with van der Waals surface area (Å²) in [5, 5.41) is 0.934. The Morgan fingerprint density at radius 1 is 1.50 bits per heavy atom. The zero-order chi connectivity index (χ0) is 11.7. The van der Waals surface area contributed by atoms with E-state index in [2.05, 4.69) is 43.1 Å². The van der Waals surface area contributed by atoms with Crippen LogP contribution in [0.2, 0.25) is 0 Å². The summed E-state index contributed by atoms with van der Waals surface area (Å²) in [6, 6.07) is 3.05. The van der Waals surface area contributed by atoms with Crippen LogP contribution in [0.4, 0.5) is 4.39 Å². The van der Waals surface area contributed by atoms with Gasteiger partial charge in [0.2, 0.25) is 0 Å². The van der Waals surface area contributed by atoms with Gasteiger partial charge in [-0.15, -0.1) is 0 Å². The number of hydrogen-bond donors (Lipinski definition) is 0. The van der Waals surface area contributed by atoms with Crippen LogP contribution in [0.5, 0.6) is 0 Å². The van der Waals surface area contributed by atoms with Crippen LogP contribution in [0.1, 0.15) is 0 Å². The maximum absolute atomic E-state index is 13.3. The maximum Gasteiger partial charge on any atom is 0.125 e. The number of rotatable bonds is 3. The number of hydrogen-bond acceptors (Lipinski definition) is 1. The Morgan fingerprint density at radius 2 is 2.25 bits per heavy atom. The number of halogens is 3. The zero-order valence-corrected chi connectivity index (χ0v) is 12.4. The van der Waals surface area contributed by atoms with Crippen molar-refractivity contribution in [1.82, 2.24) is 4.57 Å². The standard InChI is InChI=1S/C11H10BrFINO/c1-16-3-2-15-6-10(14)8-4-7(13)5-9(12)11(8)15/h4-6H,2-3H2,1H3. The van der Waals surface area contributed by atoms with Crippen molar-refractivity contribution < 1.29 is 9.13 Å². The van der Waals surface area contributed by atoms with Gasteiger partial charge < -0.3 is 9.30 Å². The molecule has 0 unspecified atom stereocenters. The topological polar surface area (TPSA) is 14.2 Å². The summed E-state index contributed by atoms with van der Waals surface area (Å²) < 4.78 is 22.2. The van der Waals surface area contributed by atoms with Crippen LogP contribution in [0.3, 0.4) is 0 Å². The summed E-state index contributed by atoms with van der Waals surface area (Å²) in [7, 11) is 1.67. The summed E-state index contributed by atoms with van der Waals surface area (Å²) in [5.41, 5.74) is 1.02. The molecule has 0 N–H and O–H groups in total. The van der Waals surface area contributed by atoms with E-state index in [1.165, 1.54) is 6.07 Å². The molecule has 0 saturated heterocycles. The van der Waals surface area contributed by atoms with E-state index >= 15 is 0 Å². The molecule has 1 aromatic carbocycles. The van der Waals surface area contributed by atoms with Gasteiger partial charge in [-0.1, -0.05) is 0 Å². The smallest absolute Gasteiger partial charge is 0.125 e. The van der Waals surface area contributed by atoms with Gasteiger partial charge in [-0.25, -0.2) is 4.39 Å². The highest BCUT2D eigenvalue weighted by Gasteiger charge is 2.11. The highest BCUT2D eigenvalue weighted by atomic mass is 127. The average molecular weight is 398 g/mol. The molecule has 0 fully saturated rings. The van der Waals surface area contributed by atoms with E-state index < -0.39 is 0 Å². The third kappa shape index (κ3) is 2.26. The number of nitrogens with zero attached hydrogens (tertiary/aromatic N) is 1. The molecule has 2 aromatic rings. The highest BCUT2D eigenvalue weighted by Crippen LogP contribution is 2.30. The van der Waals surface area contributed by atoms with Crippen LogP contribution >= 0.6 is 38.5 Å². The Morgan fingerprint density at radius 3 is 2.94 bits per heavy atom. The third-order valence-electron chi connectivity index (χ3n) is 2.38. The fourth-order valence-electron chi connectivity index (χ4n) is 1.68. The molecule has 1 heterocycles. The lowest BCUT2D eigenvalue weighted by molar-refractivity contribution is 0.188. The van der Waals surface area contributed by atoms with Crippen molar-refractivity contribution in [3.05, 3.63) is 32.2 Å². The van der Waals surface area contributed by atoms with Crippen molar-refractivity contribution in [3.63, 3.8) is 0 Å². The Balaban J connectivity index is 2.59. The molecular weight excluding hydrogens is 388 g/mol. The lowest BCUT2D eigenvalue weighted by Crippen LogP contribution is -2.02. The van der Waals surface area contributed by atoms with E-state index in [4.69, 9.17) is 4.74 Å². The SMILES string of the molecule is COCCn1cc(I)c2cc(F)cc(Br)c21. The normalized spacial score (nSPS) is 11.2. The zero-order valence-electron chi connectivity index (χ0n) is 8.64. The van der Waals surface area contributed by atoms with Crippen LogP contribution in [-0.2, 0) is 11.3 Å². The van der Waals surface area contributed by atoms with Gasteiger partial charge >= 0.3 is 0 Å². The minimum Gasteiger partial charge on any atom is -0.383 e. The molecule has 5 heteroatoms. The van der Waals surface area contributed by atoms with Gasteiger partial charge in [0.05, 0.1) is 12.1 Å². The Bertz CT molecular complexity index is 526. The summed E-state index contributed by atoms with van der Waals surface area (Å²) in [4.78, 5) is 0. The fraction of sp³-hybridized carbons (Fsp3) is 0.273. The van der Waals surface area contributed by atoms with Crippen molar-refractivity contribution in [3.8, 4) is 0 Å². The molecule has 0 amide bonds. The molecular formula is C11H10BrFINO. The Hall–Kier alpha value is -0.140. The molecule has 0 aliphatic carbocycles. The molecule has 0 radical (unpaired) electrons. The summed E-state index contributed by atoms with van der Waals surface area (Å²) in [6.07, 6.45) is 2.01. The molecule has 0 aliphatic heterocycles. The van der Waals surface area contributed by atoms with Gasteiger partial charge in [0.15, 0.2) is 0 Å². The van der Waals surface area contributed by atoms with E-state index in [1.54, 1.807) is 13.2 Å². The number of benzene rings is 1. The number of aromatic nitrogens is 1. The molecule has 16 heavy (non-hydrogen) atoms. The van der Waals surface area contributed by atoms with Gasteiger partial charge in [0.1, 0.15) is 5.82 Å². The quantitative estimate of drug-likeness (QED) is 0.718. The highest BCUT2D eigenvalue weighted by molar-refractivity contribution is 14.1. The molecule has 0 aliphatic rings. The van der Waals surface area contributed by atoms with E-state index in [9.17, 15) is 4.39 Å². The van der Waals surface area contributed by atoms with E-state index in [1.807, 2.05) is 6.20 Å². The second-order valence-electron chi connectivity index (χ2n) is 3.45. The van der Waals surface area contributed by atoms with Crippen molar-refractivity contribution in [2.45, 2.75) is 6.54 Å². The van der Waals surface area contributed by atoms with Crippen molar-refractivity contribution >= 4 is 49.4 Å². The summed E-state index contributed by atoms with van der Waals surface area (Å²) in [6.45, 7) is 1.41. The van der Waals surface area contributed by atoms with Crippen LogP contribution in [0.15, 0.2) is 22.8 Å². The average Bonchev–Trinajstić information content (AvgIpc) is 2.53. The molecule has 0 atom stereocenters. The molecule has 0 spiro atoms. The predicted molar refractivity (Wildman–Crippen MR) is 74.2 cm³/mol. The van der Waals surface area contributed by atoms with Gasteiger partial charge in [-0.3, -0.25) is 0 Å². The Kier molecular flexibility index (Phi) is 3.86. The maximum atomic E-state index is 13.3. The van der Waals surface area contributed by atoms with Crippen LogP contribution in [0.25, 0.3) is 10.9 Å². The first-order valence-corrected chi connectivity index (χ1v) is 6.63. The largest absolute Gasteiger partial charge is 0.383 e. The first kappa shape index (κ1) is 12.3. The predicted octanol–water partition coefficient (Wildman–Crippen LogP) is 3.79. The van der Waals surface area contributed by atoms with Crippen LogP contribution in [-0.4, -0.2) is 18.3 Å². The summed E-state index contributed by atoms with van der Waals surface area (Å²) >= 11 is 5.61. The van der Waals surface area contributed by atoms with Crippen molar-refractivity contribution in [2.24, 2.45) is 0 Å². The summed E-state index contributed by atoms with van der Waals surface area (Å²) in [5.74, 6) is -0.221. The lowest BCUT2D eigenvalue weighted by atomic mass is 10.2. The van der Waals surface area contributed by atoms with E-state index in [0.717, 1.165) is 25.5 Å². The van der Waals surface area contributed by atoms with Crippen molar-refractivity contribution in [2.75, 3.05) is 13.7 Å². The van der Waals surface area contributed by atoms with E-state index in [0.29, 0.717) is 6.61 Å². The van der Waals surface area contributed by atoms with Gasteiger partial charge in [-0.05, 0) is 50.7 Å². The molecule has 2 nitrogen and oxygen atoms in total. The Labute approximate surface area is 115 Å². The fourth-order valence-corrected chi connectivity index (χ4v) is 3.08.